The number of carbonyl (C=O) groups is 1. The molecule has 16 heavy (non-hydrogen) atoms. The Labute approximate surface area is 91.7 Å². The van der Waals surface area contributed by atoms with Crippen molar-refractivity contribution in [2.45, 2.75) is 13.8 Å². The molecule has 0 atom stereocenters. The highest BCUT2D eigenvalue weighted by atomic mass is 16.5. The molecule has 0 fully saturated rings. The summed E-state index contributed by atoms with van der Waals surface area (Å²) < 4.78 is 9.98. The number of phenolic OH excluding ortho intramolecular Hbond substituents is 1. The zero-order chi connectivity index (χ0) is 11.7. The highest BCUT2D eigenvalue weighted by Gasteiger charge is 2.16. The molecule has 1 aromatic heterocycles. The Balaban J connectivity index is 2.48. The molecule has 0 spiro atoms. The molecule has 0 amide bonds. The van der Waals surface area contributed by atoms with Crippen LogP contribution in [-0.2, 0) is 4.74 Å². The van der Waals surface area contributed by atoms with Gasteiger partial charge in [-0.25, -0.2) is 9.78 Å². The summed E-state index contributed by atoms with van der Waals surface area (Å²) >= 11 is 0. The fourth-order valence-corrected chi connectivity index (χ4v) is 1.34. The Morgan fingerprint density at radius 2 is 2.31 bits per heavy atom. The molecule has 2 aromatic rings. The van der Waals surface area contributed by atoms with E-state index < -0.39 is 5.97 Å². The molecule has 2 rings (SSSR count). The Hall–Kier alpha value is -2.04. The molecule has 1 heterocycles. The lowest BCUT2D eigenvalue weighted by atomic mass is 10.2. The van der Waals surface area contributed by atoms with E-state index in [0.29, 0.717) is 16.7 Å². The molecule has 1 N–H and O–H groups in total. The monoisotopic (exact) mass is 221 g/mol. The first kappa shape index (κ1) is 10.5. The summed E-state index contributed by atoms with van der Waals surface area (Å²) in [7, 11) is 0. The van der Waals surface area contributed by atoms with Crippen LogP contribution in [0.2, 0.25) is 0 Å². The van der Waals surface area contributed by atoms with Crippen molar-refractivity contribution in [1.29, 1.82) is 0 Å². The van der Waals surface area contributed by atoms with Gasteiger partial charge in [-0.3, -0.25) is 0 Å². The summed E-state index contributed by atoms with van der Waals surface area (Å²) in [5.74, 6) is -0.575. The van der Waals surface area contributed by atoms with Crippen molar-refractivity contribution < 1.29 is 19.1 Å². The highest BCUT2D eigenvalue weighted by molar-refractivity contribution is 5.88. The maximum absolute atomic E-state index is 11.3. The third-order valence-corrected chi connectivity index (χ3v) is 2.16. The van der Waals surface area contributed by atoms with E-state index in [4.69, 9.17) is 9.15 Å². The number of nitrogens with zero attached hydrogens (tertiary/aromatic N) is 1. The van der Waals surface area contributed by atoms with Crippen LogP contribution < -0.4 is 0 Å². The molecule has 1 aromatic carbocycles. The SMILES string of the molecule is CCOC(=O)c1nc2cc(O)c(C)cc2o1. The number of aromatic nitrogens is 1. The summed E-state index contributed by atoms with van der Waals surface area (Å²) in [4.78, 5) is 15.3. The second-order valence-corrected chi connectivity index (χ2v) is 3.35. The van der Waals surface area contributed by atoms with Crippen LogP contribution in [0.25, 0.3) is 11.1 Å². The minimum Gasteiger partial charge on any atom is -0.508 e. The van der Waals surface area contributed by atoms with Crippen LogP contribution in [0.1, 0.15) is 23.2 Å². The van der Waals surface area contributed by atoms with Gasteiger partial charge in [-0.1, -0.05) is 0 Å². The van der Waals surface area contributed by atoms with Gasteiger partial charge in [-0.05, 0) is 25.5 Å². The molecule has 0 bridgehead atoms. The largest absolute Gasteiger partial charge is 0.508 e. The normalized spacial score (nSPS) is 10.6. The number of esters is 1. The standard InChI is InChI=1S/C11H11NO4/c1-3-15-11(14)10-12-7-5-8(13)6(2)4-9(7)16-10/h4-5,13H,3H2,1-2H3. The molecular formula is C11H11NO4. The first-order valence-corrected chi connectivity index (χ1v) is 4.89. The third-order valence-electron chi connectivity index (χ3n) is 2.16. The van der Waals surface area contributed by atoms with Gasteiger partial charge < -0.3 is 14.3 Å². The lowest BCUT2D eigenvalue weighted by Crippen LogP contribution is -2.04. The van der Waals surface area contributed by atoms with E-state index in [9.17, 15) is 9.90 Å². The molecule has 0 radical (unpaired) electrons. The van der Waals surface area contributed by atoms with Crippen LogP contribution >= 0.6 is 0 Å². The van der Waals surface area contributed by atoms with Crippen molar-refractivity contribution in [3.8, 4) is 5.75 Å². The first-order valence-electron chi connectivity index (χ1n) is 4.89. The number of aryl methyl sites for hydroxylation is 1. The predicted molar refractivity (Wildman–Crippen MR) is 56.4 cm³/mol. The van der Waals surface area contributed by atoms with E-state index in [1.54, 1.807) is 19.9 Å². The van der Waals surface area contributed by atoms with E-state index in [1.165, 1.54) is 6.07 Å². The zero-order valence-electron chi connectivity index (χ0n) is 8.98. The average molecular weight is 221 g/mol. The van der Waals surface area contributed by atoms with Crippen molar-refractivity contribution >= 4 is 17.1 Å². The van der Waals surface area contributed by atoms with Crippen molar-refractivity contribution in [2.75, 3.05) is 6.61 Å². The molecule has 0 aliphatic heterocycles. The smallest absolute Gasteiger partial charge is 0.394 e. The van der Waals surface area contributed by atoms with Crippen LogP contribution in [-0.4, -0.2) is 22.7 Å². The fraction of sp³-hybridized carbons (Fsp3) is 0.273. The lowest BCUT2D eigenvalue weighted by molar-refractivity contribution is 0.0483. The molecule has 0 unspecified atom stereocenters. The van der Waals surface area contributed by atoms with Crippen LogP contribution in [0.15, 0.2) is 16.5 Å². The Kier molecular flexibility index (Phi) is 2.52. The number of carbonyl (C=O) groups excluding carboxylic acids is 1. The van der Waals surface area contributed by atoms with Crippen molar-refractivity contribution in [2.24, 2.45) is 0 Å². The molecule has 84 valence electrons. The minimum absolute atomic E-state index is 0.0955. The molecule has 0 saturated carbocycles. The van der Waals surface area contributed by atoms with Crippen molar-refractivity contribution in [3.05, 3.63) is 23.6 Å². The van der Waals surface area contributed by atoms with Crippen LogP contribution in [0.5, 0.6) is 5.75 Å². The molecule has 5 nitrogen and oxygen atoms in total. The van der Waals surface area contributed by atoms with E-state index in [-0.39, 0.29) is 18.2 Å². The molecule has 0 aliphatic carbocycles. The van der Waals surface area contributed by atoms with Gasteiger partial charge in [0.2, 0.25) is 0 Å². The average Bonchev–Trinajstić information content (AvgIpc) is 2.62. The van der Waals surface area contributed by atoms with Crippen molar-refractivity contribution in [1.82, 2.24) is 4.98 Å². The van der Waals surface area contributed by atoms with Crippen LogP contribution in [0, 0.1) is 6.92 Å². The van der Waals surface area contributed by atoms with Crippen molar-refractivity contribution in [3.63, 3.8) is 0 Å². The minimum atomic E-state index is -0.601. The number of rotatable bonds is 2. The fourth-order valence-electron chi connectivity index (χ4n) is 1.34. The molecule has 0 aliphatic rings. The first-order chi connectivity index (χ1) is 7.61. The number of aromatic hydroxyl groups is 1. The van der Waals surface area contributed by atoms with Gasteiger partial charge in [0, 0.05) is 6.07 Å². The number of ether oxygens (including phenoxy) is 1. The zero-order valence-corrected chi connectivity index (χ0v) is 8.98. The summed E-state index contributed by atoms with van der Waals surface area (Å²) in [6.07, 6.45) is 0. The van der Waals surface area contributed by atoms with Gasteiger partial charge in [0.15, 0.2) is 5.58 Å². The summed E-state index contributed by atoms with van der Waals surface area (Å²) in [6.45, 7) is 3.71. The van der Waals surface area contributed by atoms with Gasteiger partial charge in [0.05, 0.1) is 6.61 Å². The number of phenols is 1. The van der Waals surface area contributed by atoms with Gasteiger partial charge in [0.25, 0.3) is 0 Å². The molecular weight excluding hydrogens is 210 g/mol. The number of hydrogen-bond acceptors (Lipinski definition) is 5. The second kappa shape index (κ2) is 3.84. The number of benzene rings is 1. The van der Waals surface area contributed by atoms with E-state index in [1.807, 2.05) is 0 Å². The summed E-state index contributed by atoms with van der Waals surface area (Å²) in [5, 5.41) is 9.47. The summed E-state index contributed by atoms with van der Waals surface area (Å²) in [6, 6.07) is 3.08. The Morgan fingerprint density at radius 1 is 1.56 bits per heavy atom. The maximum Gasteiger partial charge on any atom is 0.394 e. The summed E-state index contributed by atoms with van der Waals surface area (Å²) in [5.41, 5.74) is 1.56. The van der Waals surface area contributed by atoms with Gasteiger partial charge >= 0.3 is 11.9 Å². The topological polar surface area (TPSA) is 72.6 Å². The van der Waals surface area contributed by atoms with Gasteiger partial charge in [-0.15, -0.1) is 0 Å². The molecule has 5 heteroatoms. The lowest BCUT2D eigenvalue weighted by Gasteiger charge is -1.95. The van der Waals surface area contributed by atoms with E-state index in [2.05, 4.69) is 4.98 Å². The van der Waals surface area contributed by atoms with Gasteiger partial charge in [0.1, 0.15) is 11.3 Å². The number of hydrogen-bond donors (Lipinski definition) is 1. The number of oxazole rings is 1. The quantitative estimate of drug-likeness (QED) is 0.785. The van der Waals surface area contributed by atoms with E-state index in [0.717, 1.165) is 0 Å². The highest BCUT2D eigenvalue weighted by Crippen LogP contribution is 2.24. The Morgan fingerprint density at radius 3 is 3.00 bits per heavy atom. The third kappa shape index (κ3) is 1.71. The van der Waals surface area contributed by atoms with Crippen LogP contribution in [0.4, 0.5) is 0 Å². The molecule has 0 saturated heterocycles. The Bertz CT molecular complexity index is 505. The predicted octanol–water partition coefficient (Wildman–Crippen LogP) is 2.02. The van der Waals surface area contributed by atoms with E-state index >= 15 is 0 Å². The van der Waals surface area contributed by atoms with Gasteiger partial charge in [-0.2, -0.15) is 0 Å². The van der Waals surface area contributed by atoms with Crippen LogP contribution in [0.3, 0.4) is 0 Å². The maximum atomic E-state index is 11.3. The second-order valence-electron chi connectivity index (χ2n) is 3.35. The number of fused-ring (bicyclic) bond motifs is 1.